The van der Waals surface area contributed by atoms with Crippen molar-refractivity contribution in [2.75, 3.05) is 12.3 Å². The summed E-state index contributed by atoms with van der Waals surface area (Å²) >= 11 is 0. The molecule has 0 bridgehead atoms. The number of amides is 1. The molecule has 180 valence electrons. The maximum atomic E-state index is 13.2. The molecule has 11 nitrogen and oxygen atoms in total. The number of ether oxygens (including phenoxy) is 1. The van der Waals surface area contributed by atoms with Gasteiger partial charge in [0.25, 0.3) is 5.91 Å². The van der Waals surface area contributed by atoms with Crippen molar-refractivity contribution < 1.29 is 14.2 Å². The standard InChI is InChI=1S/C25H22N8O3/c1-3-35-18-13-11-17(12-14-18)22-21(28-32-33(22)24-23(26)30-36-31-24)25(34)29-27-15(2)19-10-6-8-16-7-4-5-9-20(16)19/h4-14,27H,2-3H2,1H3,(H2,26,30)(H,29,34). The highest BCUT2D eigenvalue weighted by atomic mass is 16.6. The van der Waals surface area contributed by atoms with Crippen molar-refractivity contribution >= 4 is 28.2 Å². The first-order valence-electron chi connectivity index (χ1n) is 11.1. The van der Waals surface area contributed by atoms with Crippen LogP contribution in [0.5, 0.6) is 5.75 Å². The van der Waals surface area contributed by atoms with Gasteiger partial charge in [-0.1, -0.05) is 54.3 Å². The molecule has 4 N–H and O–H groups in total. The maximum absolute atomic E-state index is 13.2. The van der Waals surface area contributed by atoms with Crippen molar-refractivity contribution in [1.29, 1.82) is 0 Å². The van der Waals surface area contributed by atoms with Gasteiger partial charge < -0.3 is 10.5 Å². The second-order valence-electron chi connectivity index (χ2n) is 7.71. The van der Waals surface area contributed by atoms with Gasteiger partial charge in [-0.2, -0.15) is 4.68 Å². The highest BCUT2D eigenvalue weighted by molar-refractivity contribution is 5.99. The Bertz CT molecular complexity index is 1550. The van der Waals surface area contributed by atoms with Crippen molar-refractivity contribution in [2.45, 2.75) is 6.92 Å². The van der Waals surface area contributed by atoms with Gasteiger partial charge in [0.15, 0.2) is 5.69 Å². The molecule has 36 heavy (non-hydrogen) atoms. The number of hydrazine groups is 1. The van der Waals surface area contributed by atoms with E-state index < -0.39 is 5.91 Å². The van der Waals surface area contributed by atoms with Gasteiger partial charge in [-0.25, -0.2) is 4.63 Å². The van der Waals surface area contributed by atoms with Crippen LogP contribution in [0.4, 0.5) is 5.82 Å². The van der Waals surface area contributed by atoms with Crippen LogP contribution in [0.1, 0.15) is 23.0 Å². The summed E-state index contributed by atoms with van der Waals surface area (Å²) in [4.78, 5) is 13.2. The molecule has 0 saturated carbocycles. The monoisotopic (exact) mass is 482 g/mol. The number of carbonyl (C=O) groups excluding carboxylic acids is 1. The van der Waals surface area contributed by atoms with E-state index in [-0.39, 0.29) is 17.3 Å². The van der Waals surface area contributed by atoms with E-state index in [2.05, 4.69) is 38.1 Å². The molecule has 0 saturated heterocycles. The van der Waals surface area contributed by atoms with E-state index in [1.807, 2.05) is 49.4 Å². The third kappa shape index (κ3) is 4.20. The quantitative estimate of drug-likeness (QED) is 0.283. The van der Waals surface area contributed by atoms with Crippen molar-refractivity contribution in [2.24, 2.45) is 0 Å². The maximum Gasteiger partial charge on any atom is 0.292 e. The summed E-state index contributed by atoms with van der Waals surface area (Å²) < 4.78 is 11.5. The Morgan fingerprint density at radius 2 is 1.83 bits per heavy atom. The van der Waals surface area contributed by atoms with Crippen LogP contribution < -0.4 is 21.3 Å². The molecule has 0 atom stereocenters. The van der Waals surface area contributed by atoms with E-state index >= 15 is 0 Å². The number of aromatic nitrogens is 5. The van der Waals surface area contributed by atoms with Crippen molar-refractivity contribution in [3.63, 3.8) is 0 Å². The molecule has 0 radical (unpaired) electrons. The summed E-state index contributed by atoms with van der Waals surface area (Å²) in [6.45, 7) is 6.50. The molecule has 0 aliphatic heterocycles. The number of hydrogen-bond donors (Lipinski definition) is 3. The number of fused-ring (bicyclic) bond motifs is 1. The lowest BCUT2D eigenvalue weighted by atomic mass is 10.0. The molecule has 5 rings (SSSR count). The van der Waals surface area contributed by atoms with Gasteiger partial charge in [-0.15, -0.1) is 5.10 Å². The van der Waals surface area contributed by atoms with Gasteiger partial charge in [0.05, 0.1) is 12.3 Å². The Labute approximate surface area is 205 Å². The number of carbonyl (C=O) groups is 1. The fraction of sp³-hybridized carbons (Fsp3) is 0.0800. The molecule has 1 amide bonds. The average Bonchev–Trinajstić information content (AvgIpc) is 3.53. The zero-order valence-electron chi connectivity index (χ0n) is 19.3. The van der Waals surface area contributed by atoms with Gasteiger partial charge in [-0.05, 0) is 52.3 Å². The smallest absolute Gasteiger partial charge is 0.292 e. The van der Waals surface area contributed by atoms with Gasteiger partial charge in [-0.3, -0.25) is 15.6 Å². The Hall–Kier alpha value is -5.19. The minimum atomic E-state index is -0.540. The zero-order valence-corrected chi connectivity index (χ0v) is 19.3. The lowest BCUT2D eigenvalue weighted by Crippen LogP contribution is -2.36. The molecule has 0 unspecified atom stereocenters. The summed E-state index contributed by atoms with van der Waals surface area (Å²) in [5, 5.41) is 17.6. The fourth-order valence-electron chi connectivity index (χ4n) is 3.80. The molecule has 3 aromatic carbocycles. The topological polar surface area (TPSA) is 146 Å². The van der Waals surface area contributed by atoms with Crippen LogP contribution >= 0.6 is 0 Å². The van der Waals surface area contributed by atoms with Gasteiger partial charge in [0.2, 0.25) is 11.6 Å². The zero-order chi connectivity index (χ0) is 25.1. The number of nitrogens with one attached hydrogen (secondary N) is 2. The van der Waals surface area contributed by atoms with E-state index in [4.69, 9.17) is 15.1 Å². The summed E-state index contributed by atoms with van der Waals surface area (Å²) in [5.41, 5.74) is 13.8. The summed E-state index contributed by atoms with van der Waals surface area (Å²) in [6, 6.07) is 20.9. The molecular formula is C25H22N8O3. The Morgan fingerprint density at radius 1 is 1.06 bits per heavy atom. The number of benzene rings is 3. The first-order chi connectivity index (χ1) is 17.6. The Morgan fingerprint density at radius 3 is 2.58 bits per heavy atom. The van der Waals surface area contributed by atoms with E-state index in [0.717, 1.165) is 16.3 Å². The lowest BCUT2D eigenvalue weighted by Gasteiger charge is -2.13. The van der Waals surface area contributed by atoms with E-state index in [0.29, 0.717) is 29.3 Å². The number of nitrogen functional groups attached to an aromatic ring is 1. The number of anilines is 1. The highest BCUT2D eigenvalue weighted by Gasteiger charge is 2.25. The third-order valence-corrected chi connectivity index (χ3v) is 5.46. The summed E-state index contributed by atoms with van der Waals surface area (Å²) in [6.07, 6.45) is 0. The molecule has 0 spiro atoms. The second-order valence-corrected chi connectivity index (χ2v) is 7.71. The SMILES string of the molecule is C=C(NNC(=O)c1nnn(-c2nonc2N)c1-c1ccc(OCC)cc1)c1cccc2ccccc12. The average molecular weight is 483 g/mol. The minimum absolute atomic E-state index is 0.00139. The van der Waals surface area contributed by atoms with Gasteiger partial charge >= 0.3 is 0 Å². The van der Waals surface area contributed by atoms with E-state index in [1.165, 1.54) is 4.68 Å². The van der Waals surface area contributed by atoms with E-state index in [9.17, 15) is 4.79 Å². The summed E-state index contributed by atoms with van der Waals surface area (Å²) in [5.74, 6) is 0.253. The molecule has 5 aromatic rings. The Kier molecular flexibility index (Phi) is 6.02. The third-order valence-electron chi connectivity index (χ3n) is 5.46. The van der Waals surface area contributed by atoms with Crippen LogP contribution in [0, 0.1) is 0 Å². The van der Waals surface area contributed by atoms with Crippen molar-refractivity contribution in [1.82, 2.24) is 36.2 Å². The molecule has 0 aliphatic carbocycles. The number of rotatable bonds is 8. The summed E-state index contributed by atoms with van der Waals surface area (Å²) in [7, 11) is 0. The first kappa shape index (κ1) is 22.6. The molecule has 0 fully saturated rings. The normalized spacial score (nSPS) is 10.8. The highest BCUT2D eigenvalue weighted by Crippen LogP contribution is 2.28. The predicted octanol–water partition coefficient (Wildman–Crippen LogP) is 3.36. The number of nitrogens with two attached hydrogens (primary N) is 1. The molecule has 0 aliphatic rings. The van der Waals surface area contributed by atoms with E-state index in [1.54, 1.807) is 24.3 Å². The molecular weight excluding hydrogens is 460 g/mol. The molecule has 11 heteroatoms. The fourth-order valence-corrected chi connectivity index (χ4v) is 3.80. The van der Waals surface area contributed by atoms with Crippen LogP contribution in [0.3, 0.4) is 0 Å². The minimum Gasteiger partial charge on any atom is -0.494 e. The van der Waals surface area contributed by atoms with Crippen LogP contribution in [0.2, 0.25) is 0 Å². The van der Waals surface area contributed by atoms with Crippen LogP contribution in [0.15, 0.2) is 77.9 Å². The number of nitrogens with zero attached hydrogens (tertiary/aromatic N) is 5. The second kappa shape index (κ2) is 9.58. The van der Waals surface area contributed by atoms with Crippen molar-refractivity contribution in [3.05, 3.63) is 84.6 Å². The van der Waals surface area contributed by atoms with Crippen molar-refractivity contribution in [3.8, 4) is 22.8 Å². The lowest BCUT2D eigenvalue weighted by molar-refractivity contribution is 0.0938. The van der Waals surface area contributed by atoms with Gasteiger partial charge in [0.1, 0.15) is 11.4 Å². The number of hydrogen-bond acceptors (Lipinski definition) is 9. The van der Waals surface area contributed by atoms with Crippen LogP contribution in [-0.4, -0.2) is 37.8 Å². The van der Waals surface area contributed by atoms with Gasteiger partial charge in [0, 0.05) is 11.1 Å². The van der Waals surface area contributed by atoms with Crippen LogP contribution in [-0.2, 0) is 0 Å². The first-order valence-corrected chi connectivity index (χ1v) is 11.1. The molecule has 2 aromatic heterocycles. The largest absolute Gasteiger partial charge is 0.494 e. The Balaban J connectivity index is 1.45. The van der Waals surface area contributed by atoms with Crippen LogP contribution in [0.25, 0.3) is 33.5 Å². The molecule has 2 heterocycles. The predicted molar refractivity (Wildman–Crippen MR) is 134 cm³/mol.